The molecule has 1 fully saturated rings. The minimum absolute atomic E-state index is 0.336. The molecule has 1 aliphatic carbocycles. The molecule has 0 atom stereocenters. The second kappa shape index (κ2) is 8.66. The predicted octanol–water partition coefficient (Wildman–Crippen LogP) is 5.67. The molecule has 2 aromatic heterocycles. The highest BCUT2D eigenvalue weighted by atomic mass is 79.9. The summed E-state index contributed by atoms with van der Waals surface area (Å²) >= 11 is 5.03. The zero-order chi connectivity index (χ0) is 19.5. The number of fused-ring (bicyclic) bond motifs is 1. The first-order chi connectivity index (χ1) is 13.7. The van der Waals surface area contributed by atoms with Gasteiger partial charge in [0, 0.05) is 34.1 Å². The van der Waals surface area contributed by atoms with Gasteiger partial charge in [-0.25, -0.2) is 4.79 Å². The van der Waals surface area contributed by atoms with Crippen molar-refractivity contribution in [2.24, 2.45) is 0 Å². The Kier molecular flexibility index (Phi) is 6.01. The second-order valence-electron chi connectivity index (χ2n) is 7.09. The first-order valence-electron chi connectivity index (χ1n) is 9.55. The van der Waals surface area contributed by atoms with Crippen LogP contribution in [0.2, 0.25) is 0 Å². The van der Waals surface area contributed by atoms with Crippen LogP contribution < -0.4 is 5.63 Å². The van der Waals surface area contributed by atoms with Gasteiger partial charge >= 0.3 is 5.63 Å². The Morgan fingerprint density at radius 3 is 2.86 bits per heavy atom. The number of rotatable bonds is 6. The van der Waals surface area contributed by atoms with Gasteiger partial charge in [-0.2, -0.15) is 0 Å². The molecule has 0 spiro atoms. The third kappa shape index (κ3) is 4.10. The maximum atomic E-state index is 12.0. The molecule has 0 radical (unpaired) electrons. The molecule has 1 aliphatic rings. The maximum absolute atomic E-state index is 12.0. The SMILES string of the molecule is C=CCn1c(SCc2cc(=O)oc3cc(Br)ccc23)nnc1C1CCCCC1. The highest BCUT2D eigenvalue weighted by molar-refractivity contribution is 9.10. The van der Waals surface area contributed by atoms with Crippen LogP contribution in [0.5, 0.6) is 0 Å². The highest BCUT2D eigenvalue weighted by Crippen LogP contribution is 2.34. The summed E-state index contributed by atoms with van der Waals surface area (Å²) in [6, 6.07) is 7.32. The van der Waals surface area contributed by atoms with E-state index in [1.165, 1.54) is 32.1 Å². The molecule has 2 heterocycles. The van der Waals surface area contributed by atoms with Gasteiger partial charge < -0.3 is 8.98 Å². The van der Waals surface area contributed by atoms with E-state index in [0.717, 1.165) is 26.4 Å². The lowest BCUT2D eigenvalue weighted by atomic mass is 9.89. The summed E-state index contributed by atoms with van der Waals surface area (Å²) in [4.78, 5) is 12.0. The molecule has 0 amide bonds. The first-order valence-corrected chi connectivity index (χ1v) is 11.3. The Labute approximate surface area is 176 Å². The van der Waals surface area contributed by atoms with Crippen molar-refractivity contribution in [3.05, 3.63) is 63.2 Å². The van der Waals surface area contributed by atoms with E-state index in [1.54, 1.807) is 17.8 Å². The Morgan fingerprint density at radius 1 is 1.25 bits per heavy atom. The van der Waals surface area contributed by atoms with Crippen molar-refractivity contribution < 1.29 is 4.42 Å². The van der Waals surface area contributed by atoms with Gasteiger partial charge in [-0.1, -0.05) is 53.0 Å². The van der Waals surface area contributed by atoms with E-state index in [2.05, 4.69) is 37.3 Å². The van der Waals surface area contributed by atoms with Crippen molar-refractivity contribution in [2.75, 3.05) is 0 Å². The summed E-state index contributed by atoms with van der Waals surface area (Å²) in [5, 5.41) is 10.8. The van der Waals surface area contributed by atoms with Gasteiger partial charge in [-0.05, 0) is 36.6 Å². The van der Waals surface area contributed by atoms with E-state index in [-0.39, 0.29) is 5.63 Å². The van der Waals surface area contributed by atoms with Gasteiger partial charge in [0.25, 0.3) is 0 Å². The quantitative estimate of drug-likeness (QED) is 0.269. The average molecular weight is 460 g/mol. The summed E-state index contributed by atoms with van der Waals surface area (Å²) in [5.74, 6) is 2.19. The molecule has 4 rings (SSSR count). The molecule has 146 valence electrons. The largest absolute Gasteiger partial charge is 0.423 e. The van der Waals surface area contributed by atoms with Crippen LogP contribution in [0, 0.1) is 0 Å². The Bertz CT molecular complexity index is 1050. The minimum Gasteiger partial charge on any atom is -0.423 e. The molecule has 7 heteroatoms. The van der Waals surface area contributed by atoms with E-state index in [1.807, 2.05) is 24.3 Å². The molecular formula is C21H22BrN3O2S. The second-order valence-corrected chi connectivity index (χ2v) is 8.95. The molecule has 0 N–H and O–H groups in total. The molecule has 0 saturated heterocycles. The molecule has 3 aromatic rings. The molecular weight excluding hydrogens is 438 g/mol. The standard InChI is InChI=1S/C21H22BrN3O2S/c1-2-10-25-20(14-6-4-3-5-7-14)23-24-21(25)28-13-15-11-19(26)27-18-12-16(22)8-9-17(15)18/h2,8-9,11-12,14H,1,3-7,10,13H2. The number of nitrogens with zero attached hydrogens (tertiary/aromatic N) is 3. The zero-order valence-electron chi connectivity index (χ0n) is 15.6. The van der Waals surface area contributed by atoms with Crippen molar-refractivity contribution in [2.45, 2.75) is 55.5 Å². The predicted molar refractivity (Wildman–Crippen MR) is 116 cm³/mol. The lowest BCUT2D eigenvalue weighted by molar-refractivity contribution is 0.415. The van der Waals surface area contributed by atoms with Crippen LogP contribution in [0.15, 0.2) is 55.8 Å². The number of halogens is 1. The Morgan fingerprint density at radius 2 is 2.07 bits per heavy atom. The summed E-state index contributed by atoms with van der Waals surface area (Å²) in [5.41, 5.74) is 1.20. The fraction of sp³-hybridized carbons (Fsp3) is 0.381. The smallest absolute Gasteiger partial charge is 0.336 e. The Balaban J connectivity index is 1.61. The fourth-order valence-corrected chi connectivity index (χ4v) is 5.12. The van der Waals surface area contributed by atoms with E-state index in [9.17, 15) is 4.79 Å². The van der Waals surface area contributed by atoms with Crippen molar-refractivity contribution in [1.82, 2.24) is 14.8 Å². The lowest BCUT2D eigenvalue weighted by Gasteiger charge is -2.21. The normalized spacial score (nSPS) is 15.2. The third-order valence-electron chi connectivity index (χ3n) is 5.18. The summed E-state index contributed by atoms with van der Waals surface area (Å²) in [6.45, 7) is 4.60. The fourth-order valence-electron chi connectivity index (χ4n) is 3.84. The van der Waals surface area contributed by atoms with Crippen LogP contribution in [0.3, 0.4) is 0 Å². The van der Waals surface area contributed by atoms with Crippen molar-refractivity contribution in [3.63, 3.8) is 0 Å². The molecule has 1 aromatic carbocycles. The number of hydrogen-bond donors (Lipinski definition) is 0. The summed E-state index contributed by atoms with van der Waals surface area (Å²) in [7, 11) is 0. The van der Waals surface area contributed by atoms with Gasteiger partial charge in [0.15, 0.2) is 5.16 Å². The number of hydrogen-bond acceptors (Lipinski definition) is 5. The monoisotopic (exact) mass is 459 g/mol. The van der Waals surface area contributed by atoms with Crippen molar-refractivity contribution >= 4 is 38.7 Å². The lowest BCUT2D eigenvalue weighted by Crippen LogP contribution is -2.12. The van der Waals surface area contributed by atoms with Crippen LogP contribution in [0.1, 0.15) is 49.4 Å². The van der Waals surface area contributed by atoms with Crippen LogP contribution in [0.25, 0.3) is 11.0 Å². The van der Waals surface area contributed by atoms with Gasteiger partial charge in [-0.3, -0.25) is 0 Å². The van der Waals surface area contributed by atoms with Gasteiger partial charge in [0.2, 0.25) is 0 Å². The Hall–Kier alpha value is -1.86. The molecule has 0 unspecified atom stereocenters. The molecule has 0 bridgehead atoms. The van der Waals surface area contributed by atoms with E-state index < -0.39 is 0 Å². The van der Waals surface area contributed by atoms with E-state index >= 15 is 0 Å². The van der Waals surface area contributed by atoms with Crippen LogP contribution in [-0.2, 0) is 12.3 Å². The van der Waals surface area contributed by atoms with Crippen LogP contribution in [-0.4, -0.2) is 14.8 Å². The zero-order valence-corrected chi connectivity index (χ0v) is 18.0. The van der Waals surface area contributed by atoms with Crippen molar-refractivity contribution in [3.8, 4) is 0 Å². The minimum atomic E-state index is -0.336. The van der Waals surface area contributed by atoms with Gasteiger partial charge in [-0.15, -0.1) is 16.8 Å². The maximum Gasteiger partial charge on any atom is 0.336 e. The summed E-state index contributed by atoms with van der Waals surface area (Å²) < 4.78 is 8.40. The summed E-state index contributed by atoms with van der Waals surface area (Å²) in [6.07, 6.45) is 8.08. The van der Waals surface area contributed by atoms with Gasteiger partial charge in [0.1, 0.15) is 11.4 Å². The first kappa shape index (κ1) is 19.5. The number of aromatic nitrogens is 3. The van der Waals surface area contributed by atoms with Crippen molar-refractivity contribution in [1.29, 1.82) is 0 Å². The van der Waals surface area contributed by atoms with E-state index in [0.29, 0.717) is 23.8 Å². The van der Waals surface area contributed by atoms with Gasteiger partial charge in [0.05, 0.1) is 0 Å². The molecule has 0 aliphatic heterocycles. The molecule has 28 heavy (non-hydrogen) atoms. The van der Waals surface area contributed by atoms with Crippen LogP contribution >= 0.6 is 27.7 Å². The number of allylic oxidation sites excluding steroid dienone is 1. The highest BCUT2D eigenvalue weighted by Gasteiger charge is 2.23. The molecule has 1 saturated carbocycles. The van der Waals surface area contributed by atoms with E-state index in [4.69, 9.17) is 4.42 Å². The third-order valence-corrected chi connectivity index (χ3v) is 6.69. The topological polar surface area (TPSA) is 60.9 Å². The number of benzene rings is 1. The van der Waals surface area contributed by atoms with Crippen LogP contribution in [0.4, 0.5) is 0 Å². The number of thioether (sulfide) groups is 1. The molecule has 5 nitrogen and oxygen atoms in total. The average Bonchev–Trinajstić information content (AvgIpc) is 3.09.